The van der Waals surface area contributed by atoms with E-state index in [1.54, 1.807) is 4.90 Å². The van der Waals surface area contributed by atoms with Gasteiger partial charge in [0.2, 0.25) is 11.8 Å². The Morgan fingerprint density at radius 3 is 2.38 bits per heavy atom. The Kier molecular flexibility index (Phi) is 5.07. The Balaban J connectivity index is 1.55. The molecule has 1 aliphatic heterocycles. The van der Waals surface area contributed by atoms with Gasteiger partial charge in [-0.05, 0) is 30.5 Å². The fraction of sp³-hybridized carbons (Fsp3) is 0.579. The third kappa shape index (κ3) is 3.71. The maximum atomic E-state index is 12.5. The number of benzene rings is 1. The highest BCUT2D eigenvalue weighted by molar-refractivity contribution is 5.87. The first-order chi connectivity index (χ1) is 11.5. The van der Waals surface area contributed by atoms with Crippen molar-refractivity contribution in [2.24, 2.45) is 0 Å². The number of nitrogens with zero attached hydrogens (tertiary/aromatic N) is 3. The Morgan fingerprint density at radius 1 is 1.12 bits per heavy atom. The van der Waals surface area contributed by atoms with Crippen molar-refractivity contribution in [1.82, 2.24) is 9.80 Å². The molecule has 24 heavy (non-hydrogen) atoms. The molecule has 1 aromatic rings. The average Bonchev–Trinajstić information content (AvgIpc) is 3.09. The summed E-state index contributed by atoms with van der Waals surface area (Å²) in [7, 11) is 3.99. The fourth-order valence-corrected chi connectivity index (χ4v) is 3.70. The summed E-state index contributed by atoms with van der Waals surface area (Å²) in [5.41, 5.74) is 2.11. The van der Waals surface area contributed by atoms with E-state index < -0.39 is 0 Å². The molecule has 0 N–H and O–H groups in total. The van der Waals surface area contributed by atoms with Crippen LogP contribution in [0.15, 0.2) is 24.3 Å². The molecular weight excluding hydrogens is 302 g/mol. The normalized spacial score (nSPS) is 19.0. The molecule has 0 bridgehead atoms. The van der Waals surface area contributed by atoms with E-state index in [4.69, 9.17) is 0 Å². The molecule has 1 aliphatic carbocycles. The minimum Gasteiger partial charge on any atom is -0.378 e. The van der Waals surface area contributed by atoms with E-state index in [0.29, 0.717) is 25.6 Å². The lowest BCUT2D eigenvalue weighted by atomic mass is 10.1. The Hall–Kier alpha value is -2.04. The highest BCUT2D eigenvalue weighted by Crippen LogP contribution is 2.25. The van der Waals surface area contributed by atoms with Crippen molar-refractivity contribution in [2.45, 2.75) is 38.1 Å². The Morgan fingerprint density at radius 2 is 1.79 bits per heavy atom. The van der Waals surface area contributed by atoms with E-state index in [9.17, 15) is 9.59 Å². The van der Waals surface area contributed by atoms with Crippen molar-refractivity contribution in [3.63, 3.8) is 0 Å². The molecule has 3 rings (SSSR count). The topological polar surface area (TPSA) is 43.9 Å². The van der Waals surface area contributed by atoms with Gasteiger partial charge in [-0.1, -0.05) is 25.0 Å². The molecule has 0 radical (unpaired) electrons. The predicted molar refractivity (Wildman–Crippen MR) is 95.0 cm³/mol. The van der Waals surface area contributed by atoms with Crippen molar-refractivity contribution < 1.29 is 9.59 Å². The molecule has 0 atom stereocenters. The molecule has 2 fully saturated rings. The van der Waals surface area contributed by atoms with E-state index in [-0.39, 0.29) is 18.4 Å². The smallest absolute Gasteiger partial charge is 0.242 e. The zero-order chi connectivity index (χ0) is 17.1. The number of anilines is 1. The molecule has 0 spiro atoms. The molecule has 1 saturated carbocycles. The summed E-state index contributed by atoms with van der Waals surface area (Å²) < 4.78 is 0. The Labute approximate surface area is 144 Å². The van der Waals surface area contributed by atoms with Gasteiger partial charge in [0.25, 0.3) is 0 Å². The van der Waals surface area contributed by atoms with Crippen LogP contribution >= 0.6 is 0 Å². The first-order valence-electron chi connectivity index (χ1n) is 8.88. The summed E-state index contributed by atoms with van der Waals surface area (Å²) in [6.45, 7) is 1.59. The van der Waals surface area contributed by atoms with Gasteiger partial charge in [-0.3, -0.25) is 9.59 Å². The van der Waals surface area contributed by atoms with Gasteiger partial charge in [0.1, 0.15) is 0 Å². The van der Waals surface area contributed by atoms with E-state index in [1.807, 2.05) is 48.2 Å². The molecule has 130 valence electrons. The fourth-order valence-electron chi connectivity index (χ4n) is 3.70. The minimum atomic E-state index is 0.0482. The van der Waals surface area contributed by atoms with Crippen molar-refractivity contribution >= 4 is 17.5 Å². The maximum absolute atomic E-state index is 12.5. The van der Waals surface area contributed by atoms with Gasteiger partial charge in [-0.15, -0.1) is 0 Å². The number of hydrogen-bond donors (Lipinski definition) is 0. The van der Waals surface area contributed by atoms with E-state index >= 15 is 0 Å². The second kappa shape index (κ2) is 7.24. The molecule has 2 aliphatic rings. The van der Waals surface area contributed by atoms with Crippen LogP contribution in [0.2, 0.25) is 0 Å². The monoisotopic (exact) mass is 329 g/mol. The summed E-state index contributed by atoms with van der Waals surface area (Å²) in [6.07, 6.45) is 5.06. The van der Waals surface area contributed by atoms with E-state index in [0.717, 1.165) is 24.1 Å². The van der Waals surface area contributed by atoms with E-state index in [2.05, 4.69) is 0 Å². The SMILES string of the molecule is CN(C)c1ccc(CC(=O)N2CCN(C3CCCC3)C(=O)C2)cc1. The highest BCUT2D eigenvalue weighted by atomic mass is 16.2. The zero-order valence-corrected chi connectivity index (χ0v) is 14.7. The lowest BCUT2D eigenvalue weighted by Gasteiger charge is -2.37. The first kappa shape index (κ1) is 16.8. The molecule has 5 heteroatoms. The van der Waals surface area contributed by atoms with Crippen LogP contribution in [0.4, 0.5) is 5.69 Å². The first-order valence-corrected chi connectivity index (χ1v) is 8.88. The van der Waals surface area contributed by atoms with Crippen molar-refractivity contribution in [3.05, 3.63) is 29.8 Å². The maximum Gasteiger partial charge on any atom is 0.242 e. The number of rotatable bonds is 4. The second-order valence-electron chi connectivity index (χ2n) is 7.08. The van der Waals surface area contributed by atoms with Crippen LogP contribution in [-0.2, 0) is 16.0 Å². The van der Waals surface area contributed by atoms with Crippen LogP contribution in [0, 0.1) is 0 Å². The van der Waals surface area contributed by atoms with Gasteiger partial charge < -0.3 is 14.7 Å². The summed E-state index contributed by atoms with van der Waals surface area (Å²) in [5.74, 6) is 0.163. The van der Waals surface area contributed by atoms with Crippen LogP contribution in [0.25, 0.3) is 0 Å². The van der Waals surface area contributed by atoms with Gasteiger partial charge >= 0.3 is 0 Å². The second-order valence-corrected chi connectivity index (χ2v) is 7.08. The number of carbonyl (C=O) groups excluding carboxylic acids is 2. The number of carbonyl (C=O) groups is 2. The van der Waals surface area contributed by atoms with Gasteiger partial charge in [0.15, 0.2) is 0 Å². The van der Waals surface area contributed by atoms with Gasteiger partial charge in [0.05, 0.1) is 13.0 Å². The quantitative estimate of drug-likeness (QED) is 0.847. The summed E-state index contributed by atoms with van der Waals surface area (Å²) in [5, 5.41) is 0. The largest absolute Gasteiger partial charge is 0.378 e. The highest BCUT2D eigenvalue weighted by Gasteiger charge is 2.32. The summed E-state index contributed by atoms with van der Waals surface area (Å²) in [6, 6.07) is 8.43. The van der Waals surface area contributed by atoms with Crippen LogP contribution in [-0.4, -0.2) is 61.4 Å². The molecular formula is C19H27N3O2. The third-order valence-electron chi connectivity index (χ3n) is 5.18. The molecule has 0 unspecified atom stereocenters. The van der Waals surface area contributed by atoms with Crippen LogP contribution < -0.4 is 4.90 Å². The van der Waals surface area contributed by atoms with Gasteiger partial charge in [0, 0.05) is 38.9 Å². The van der Waals surface area contributed by atoms with Crippen LogP contribution in [0.1, 0.15) is 31.2 Å². The zero-order valence-electron chi connectivity index (χ0n) is 14.7. The Bertz CT molecular complexity index is 591. The molecule has 0 aromatic heterocycles. The lowest BCUT2D eigenvalue weighted by Crippen LogP contribution is -2.55. The number of amides is 2. The number of hydrogen-bond acceptors (Lipinski definition) is 3. The number of piperazine rings is 1. The summed E-state index contributed by atoms with van der Waals surface area (Å²) >= 11 is 0. The third-order valence-corrected chi connectivity index (χ3v) is 5.18. The molecule has 1 heterocycles. The van der Waals surface area contributed by atoms with Crippen LogP contribution in [0.3, 0.4) is 0 Å². The molecule has 2 amide bonds. The molecule has 1 aromatic carbocycles. The van der Waals surface area contributed by atoms with Crippen molar-refractivity contribution in [3.8, 4) is 0 Å². The van der Waals surface area contributed by atoms with Crippen LogP contribution in [0.5, 0.6) is 0 Å². The molecule has 5 nitrogen and oxygen atoms in total. The minimum absolute atomic E-state index is 0.0482. The summed E-state index contributed by atoms with van der Waals surface area (Å²) in [4.78, 5) is 30.7. The lowest BCUT2D eigenvalue weighted by molar-refractivity contribution is -0.146. The van der Waals surface area contributed by atoms with Gasteiger partial charge in [-0.25, -0.2) is 0 Å². The molecule has 1 saturated heterocycles. The van der Waals surface area contributed by atoms with Crippen molar-refractivity contribution in [1.29, 1.82) is 0 Å². The van der Waals surface area contributed by atoms with E-state index in [1.165, 1.54) is 12.8 Å². The predicted octanol–water partition coefficient (Wildman–Crippen LogP) is 1.91. The van der Waals surface area contributed by atoms with Crippen molar-refractivity contribution in [2.75, 3.05) is 38.6 Å². The standard InChI is InChI=1S/C19H27N3O2/c1-20(2)16-9-7-15(8-10-16)13-18(23)21-11-12-22(19(24)14-21)17-5-3-4-6-17/h7-10,17H,3-6,11-14H2,1-2H3. The average molecular weight is 329 g/mol. The van der Waals surface area contributed by atoms with Gasteiger partial charge in [-0.2, -0.15) is 0 Å².